The molecule has 0 spiro atoms. The topological polar surface area (TPSA) is 21.3 Å². The molecule has 1 N–H and O–H groups in total. The number of methoxy groups -OCH3 is 1. The van der Waals surface area contributed by atoms with Gasteiger partial charge in [0.05, 0.1) is 7.11 Å². The molecule has 1 aromatic rings. The van der Waals surface area contributed by atoms with Crippen LogP contribution in [0.1, 0.15) is 43.9 Å². The molecule has 0 aliphatic carbocycles. The Morgan fingerprint density at radius 3 is 2.89 bits per heavy atom. The first-order chi connectivity index (χ1) is 8.80. The fourth-order valence-corrected chi connectivity index (χ4v) is 3.84. The average molecular weight is 265 g/mol. The minimum Gasteiger partial charge on any atom is -0.497 e. The summed E-state index contributed by atoms with van der Waals surface area (Å²) in [6.45, 7) is 5.58. The molecule has 3 heteroatoms. The number of fused-ring (bicyclic) bond motifs is 1. The second-order valence-electron chi connectivity index (χ2n) is 4.75. The largest absolute Gasteiger partial charge is 0.497 e. The summed E-state index contributed by atoms with van der Waals surface area (Å²) in [6, 6.07) is 6.97. The number of benzene rings is 1. The van der Waals surface area contributed by atoms with Crippen molar-refractivity contribution >= 4 is 11.8 Å². The van der Waals surface area contributed by atoms with Crippen molar-refractivity contribution < 1.29 is 4.74 Å². The van der Waals surface area contributed by atoms with Crippen molar-refractivity contribution in [2.24, 2.45) is 0 Å². The number of rotatable bonds is 5. The van der Waals surface area contributed by atoms with Gasteiger partial charge >= 0.3 is 0 Å². The fraction of sp³-hybridized carbons (Fsp3) is 0.600. The first kappa shape index (κ1) is 13.8. The quantitative estimate of drug-likeness (QED) is 0.876. The summed E-state index contributed by atoms with van der Waals surface area (Å²) in [5.74, 6) is 2.10. The molecular weight excluding hydrogens is 242 g/mol. The van der Waals surface area contributed by atoms with Gasteiger partial charge in [0.25, 0.3) is 0 Å². The van der Waals surface area contributed by atoms with E-state index >= 15 is 0 Å². The normalized spacial score (nSPS) is 22.6. The molecule has 1 aliphatic rings. The lowest BCUT2D eigenvalue weighted by Gasteiger charge is -2.33. The van der Waals surface area contributed by atoms with E-state index in [-0.39, 0.29) is 0 Å². The Hall–Kier alpha value is -0.670. The van der Waals surface area contributed by atoms with Gasteiger partial charge in [0.2, 0.25) is 0 Å². The van der Waals surface area contributed by atoms with Crippen LogP contribution >= 0.6 is 11.8 Å². The van der Waals surface area contributed by atoms with Crippen LogP contribution in [-0.4, -0.2) is 18.9 Å². The van der Waals surface area contributed by atoms with E-state index in [1.807, 2.05) is 0 Å². The summed E-state index contributed by atoms with van der Waals surface area (Å²) in [4.78, 5) is 0. The van der Waals surface area contributed by atoms with Crippen LogP contribution in [0, 0.1) is 0 Å². The number of nitrogens with one attached hydrogen (secondary N) is 1. The summed E-state index contributed by atoms with van der Waals surface area (Å²) in [5.41, 5.74) is 2.90. The molecule has 18 heavy (non-hydrogen) atoms. The van der Waals surface area contributed by atoms with Crippen LogP contribution in [0.25, 0.3) is 0 Å². The summed E-state index contributed by atoms with van der Waals surface area (Å²) in [5, 5.41) is 4.38. The van der Waals surface area contributed by atoms with Crippen LogP contribution < -0.4 is 10.1 Å². The van der Waals surface area contributed by atoms with E-state index in [4.69, 9.17) is 4.74 Å². The molecule has 2 rings (SSSR count). The monoisotopic (exact) mass is 265 g/mol. The van der Waals surface area contributed by atoms with E-state index in [1.54, 1.807) is 7.11 Å². The second-order valence-corrected chi connectivity index (χ2v) is 5.98. The van der Waals surface area contributed by atoms with Gasteiger partial charge in [-0.2, -0.15) is 11.8 Å². The molecular formula is C15H23NOS. The van der Waals surface area contributed by atoms with Crippen molar-refractivity contribution in [3.05, 3.63) is 29.3 Å². The Labute approximate surface area is 114 Å². The van der Waals surface area contributed by atoms with Crippen LogP contribution in [0.3, 0.4) is 0 Å². The zero-order valence-corrected chi connectivity index (χ0v) is 12.3. The molecule has 0 aromatic heterocycles. The van der Waals surface area contributed by atoms with Crippen molar-refractivity contribution in [2.75, 3.05) is 13.7 Å². The van der Waals surface area contributed by atoms with Crippen molar-refractivity contribution in [3.63, 3.8) is 0 Å². The van der Waals surface area contributed by atoms with Gasteiger partial charge < -0.3 is 10.1 Å². The van der Waals surface area contributed by atoms with E-state index in [0.29, 0.717) is 11.3 Å². The van der Waals surface area contributed by atoms with Crippen LogP contribution in [-0.2, 0) is 5.75 Å². The van der Waals surface area contributed by atoms with Gasteiger partial charge in [-0.15, -0.1) is 0 Å². The molecule has 0 radical (unpaired) electrons. The highest BCUT2D eigenvalue weighted by molar-refractivity contribution is 7.99. The van der Waals surface area contributed by atoms with E-state index < -0.39 is 0 Å². The minimum atomic E-state index is 0.471. The molecule has 1 aliphatic heterocycles. The molecule has 1 heterocycles. The lowest BCUT2D eigenvalue weighted by molar-refractivity contribution is 0.411. The lowest BCUT2D eigenvalue weighted by Crippen LogP contribution is -2.33. The zero-order valence-electron chi connectivity index (χ0n) is 11.5. The van der Waals surface area contributed by atoms with Crippen molar-refractivity contribution in [3.8, 4) is 5.75 Å². The number of ether oxygens (including phenoxy) is 1. The van der Waals surface area contributed by atoms with Crippen LogP contribution in [0.15, 0.2) is 18.2 Å². The summed E-state index contributed by atoms with van der Waals surface area (Å²) in [6.07, 6.45) is 2.39. The van der Waals surface area contributed by atoms with E-state index in [2.05, 4.69) is 49.1 Å². The predicted octanol–water partition coefficient (Wildman–Crippen LogP) is 3.76. The molecule has 0 bridgehead atoms. The summed E-state index contributed by atoms with van der Waals surface area (Å²) in [7, 11) is 1.74. The number of hydrogen-bond acceptors (Lipinski definition) is 3. The van der Waals surface area contributed by atoms with Crippen molar-refractivity contribution in [2.45, 2.75) is 43.7 Å². The molecule has 2 atom stereocenters. The van der Waals surface area contributed by atoms with Gasteiger partial charge in [-0.1, -0.05) is 19.9 Å². The van der Waals surface area contributed by atoms with Gasteiger partial charge in [0.15, 0.2) is 0 Å². The molecule has 0 saturated carbocycles. The Bertz CT molecular complexity index is 394. The number of hydrogen-bond donors (Lipinski definition) is 1. The number of thioether (sulfide) groups is 1. The van der Waals surface area contributed by atoms with Crippen LogP contribution in [0.5, 0.6) is 5.75 Å². The van der Waals surface area contributed by atoms with Gasteiger partial charge in [-0.05, 0) is 42.6 Å². The van der Waals surface area contributed by atoms with Crippen molar-refractivity contribution in [1.29, 1.82) is 0 Å². The van der Waals surface area contributed by atoms with Crippen LogP contribution in [0.2, 0.25) is 0 Å². The molecule has 100 valence electrons. The van der Waals surface area contributed by atoms with Gasteiger partial charge in [0.1, 0.15) is 5.75 Å². The van der Waals surface area contributed by atoms with Gasteiger partial charge in [-0.25, -0.2) is 0 Å². The van der Waals surface area contributed by atoms with Gasteiger partial charge in [-0.3, -0.25) is 0 Å². The van der Waals surface area contributed by atoms with Gasteiger partial charge in [0, 0.05) is 17.0 Å². The zero-order chi connectivity index (χ0) is 13.0. The lowest BCUT2D eigenvalue weighted by atomic mass is 9.96. The third-order valence-electron chi connectivity index (χ3n) is 3.53. The SMILES string of the molecule is CCCNC1c2cc(OC)ccc2CSC1CC. The maximum absolute atomic E-state index is 5.37. The second kappa shape index (κ2) is 6.48. The smallest absolute Gasteiger partial charge is 0.119 e. The van der Waals surface area contributed by atoms with E-state index in [1.165, 1.54) is 24.0 Å². The third-order valence-corrected chi connectivity index (χ3v) is 5.04. The van der Waals surface area contributed by atoms with E-state index in [9.17, 15) is 0 Å². The summed E-state index contributed by atoms with van der Waals surface area (Å²) >= 11 is 2.07. The Kier molecular flexibility index (Phi) is 4.95. The van der Waals surface area contributed by atoms with E-state index in [0.717, 1.165) is 18.0 Å². The van der Waals surface area contributed by atoms with Crippen LogP contribution in [0.4, 0.5) is 0 Å². The first-order valence-corrected chi connectivity index (χ1v) is 7.86. The standard InChI is InChI=1S/C15H23NOS/c1-4-8-16-15-13-9-12(17-3)7-6-11(13)10-18-14(15)5-2/h6-7,9,14-16H,4-5,8,10H2,1-3H3. The highest BCUT2D eigenvalue weighted by atomic mass is 32.2. The molecule has 0 amide bonds. The first-order valence-electron chi connectivity index (χ1n) is 6.82. The highest BCUT2D eigenvalue weighted by Gasteiger charge is 2.28. The van der Waals surface area contributed by atoms with Crippen molar-refractivity contribution in [1.82, 2.24) is 5.32 Å². The third kappa shape index (κ3) is 2.83. The Morgan fingerprint density at radius 1 is 1.39 bits per heavy atom. The summed E-state index contributed by atoms with van der Waals surface area (Å²) < 4.78 is 5.37. The Morgan fingerprint density at radius 2 is 2.22 bits per heavy atom. The molecule has 1 aromatic carbocycles. The fourth-order valence-electron chi connectivity index (χ4n) is 2.51. The maximum atomic E-state index is 5.37. The molecule has 0 fully saturated rings. The predicted molar refractivity (Wildman–Crippen MR) is 79.4 cm³/mol. The average Bonchev–Trinajstić information content (AvgIpc) is 2.43. The molecule has 2 nitrogen and oxygen atoms in total. The highest BCUT2D eigenvalue weighted by Crippen LogP contribution is 2.40. The molecule has 2 unspecified atom stereocenters. The Balaban J connectivity index is 2.29. The maximum Gasteiger partial charge on any atom is 0.119 e. The minimum absolute atomic E-state index is 0.471. The molecule has 0 saturated heterocycles.